The average molecular weight is 251 g/mol. The molecule has 1 heterocycles. The zero-order valence-electron chi connectivity index (χ0n) is 9.20. The number of hydrogen-bond acceptors (Lipinski definition) is 3. The van der Waals surface area contributed by atoms with E-state index in [-0.39, 0.29) is 23.1 Å². The van der Waals surface area contributed by atoms with Gasteiger partial charge in [-0.25, -0.2) is 0 Å². The van der Waals surface area contributed by atoms with Crippen LogP contribution in [0.4, 0.5) is 0 Å². The minimum absolute atomic E-state index is 0.0525. The highest BCUT2D eigenvalue weighted by Crippen LogP contribution is 2.23. The van der Waals surface area contributed by atoms with Gasteiger partial charge in [-0.2, -0.15) is 4.98 Å². The summed E-state index contributed by atoms with van der Waals surface area (Å²) in [5, 5.41) is 9.76. The van der Waals surface area contributed by atoms with E-state index in [4.69, 9.17) is 11.6 Å². The monoisotopic (exact) mass is 250 g/mol. The Morgan fingerprint density at radius 3 is 2.82 bits per heavy atom. The molecule has 0 unspecified atom stereocenters. The third-order valence-corrected chi connectivity index (χ3v) is 2.64. The highest BCUT2D eigenvalue weighted by molar-refractivity contribution is 6.16. The second-order valence-corrected chi connectivity index (χ2v) is 3.98. The van der Waals surface area contributed by atoms with Crippen LogP contribution in [0.25, 0.3) is 11.1 Å². The molecule has 0 aliphatic carbocycles. The predicted molar refractivity (Wildman–Crippen MR) is 66.3 cm³/mol. The van der Waals surface area contributed by atoms with Crippen molar-refractivity contribution in [2.75, 3.05) is 0 Å². The van der Waals surface area contributed by atoms with E-state index in [1.165, 1.54) is 0 Å². The fraction of sp³-hybridized carbons (Fsp3) is 0.167. The zero-order chi connectivity index (χ0) is 12.4. The smallest absolute Gasteiger partial charge is 0.262 e. The van der Waals surface area contributed by atoms with Crippen molar-refractivity contribution < 1.29 is 5.11 Å². The molecule has 0 aliphatic heterocycles. The quantitative estimate of drug-likeness (QED) is 0.803. The fourth-order valence-corrected chi connectivity index (χ4v) is 1.76. The first kappa shape index (κ1) is 11.7. The second kappa shape index (κ2) is 4.59. The molecule has 2 aromatic rings. The van der Waals surface area contributed by atoms with E-state index in [9.17, 15) is 9.90 Å². The topological polar surface area (TPSA) is 66.0 Å². The number of halogens is 1. The van der Waals surface area contributed by atoms with Gasteiger partial charge in [0.05, 0.1) is 5.88 Å². The van der Waals surface area contributed by atoms with Crippen LogP contribution in [0.3, 0.4) is 0 Å². The van der Waals surface area contributed by atoms with Crippen molar-refractivity contribution >= 4 is 11.6 Å². The number of alkyl halides is 1. The van der Waals surface area contributed by atoms with Gasteiger partial charge >= 0.3 is 0 Å². The molecule has 4 nitrogen and oxygen atoms in total. The van der Waals surface area contributed by atoms with Crippen molar-refractivity contribution in [3.05, 3.63) is 46.0 Å². The minimum atomic E-state index is -0.390. The number of H-pyrrole nitrogens is 1. The number of aromatic hydroxyl groups is 1. The molecule has 0 saturated carbocycles. The lowest BCUT2D eigenvalue weighted by molar-refractivity contribution is 0.451. The van der Waals surface area contributed by atoms with E-state index in [1.807, 2.05) is 25.1 Å². The highest BCUT2D eigenvalue weighted by Gasteiger charge is 2.12. The van der Waals surface area contributed by atoms with Gasteiger partial charge in [-0.1, -0.05) is 29.8 Å². The van der Waals surface area contributed by atoms with Gasteiger partial charge in [0.15, 0.2) is 0 Å². The molecule has 0 atom stereocenters. The summed E-state index contributed by atoms with van der Waals surface area (Å²) in [6.45, 7) is 1.91. The third-order valence-electron chi connectivity index (χ3n) is 2.38. The predicted octanol–water partition coefficient (Wildman–Crippen LogP) is 2.19. The zero-order valence-corrected chi connectivity index (χ0v) is 9.95. The van der Waals surface area contributed by atoms with Gasteiger partial charge in [0.25, 0.3) is 5.56 Å². The summed E-state index contributed by atoms with van der Waals surface area (Å²) >= 11 is 5.55. The standard InChI is InChI=1S/C12H11ClN2O2/c1-7-3-2-4-8(5-7)10-11(16)14-9(6-13)15-12(10)17/h2-5H,6H2,1H3,(H2,14,15,16,17). The Kier molecular flexibility index (Phi) is 3.15. The molecule has 17 heavy (non-hydrogen) atoms. The molecule has 0 spiro atoms. The summed E-state index contributed by atoms with van der Waals surface area (Å²) in [5.74, 6) is 0.0113. The maximum absolute atomic E-state index is 11.8. The summed E-state index contributed by atoms with van der Waals surface area (Å²) in [5.41, 5.74) is 1.42. The van der Waals surface area contributed by atoms with Crippen molar-refractivity contribution in [3.63, 3.8) is 0 Å². The second-order valence-electron chi connectivity index (χ2n) is 3.71. The number of aromatic amines is 1. The van der Waals surface area contributed by atoms with Crippen LogP contribution in [-0.4, -0.2) is 15.1 Å². The Morgan fingerprint density at radius 2 is 2.24 bits per heavy atom. The number of aromatic nitrogens is 2. The number of nitrogens with zero attached hydrogens (tertiary/aromatic N) is 1. The van der Waals surface area contributed by atoms with E-state index in [1.54, 1.807) is 6.07 Å². The Labute approximate surface area is 103 Å². The Balaban J connectivity index is 2.64. The molecule has 1 aromatic heterocycles. The van der Waals surface area contributed by atoms with E-state index in [0.29, 0.717) is 5.56 Å². The van der Waals surface area contributed by atoms with E-state index in [2.05, 4.69) is 9.97 Å². The summed E-state index contributed by atoms with van der Waals surface area (Å²) in [4.78, 5) is 18.2. The average Bonchev–Trinajstić information content (AvgIpc) is 2.28. The van der Waals surface area contributed by atoms with Gasteiger partial charge < -0.3 is 10.1 Å². The van der Waals surface area contributed by atoms with E-state index < -0.39 is 5.56 Å². The van der Waals surface area contributed by atoms with Crippen LogP contribution in [0, 0.1) is 6.92 Å². The number of nitrogens with one attached hydrogen (secondary N) is 1. The van der Waals surface area contributed by atoms with E-state index in [0.717, 1.165) is 5.56 Å². The molecule has 88 valence electrons. The van der Waals surface area contributed by atoms with Crippen LogP contribution in [0.5, 0.6) is 5.88 Å². The number of aryl methyl sites for hydroxylation is 1. The normalized spacial score (nSPS) is 10.5. The van der Waals surface area contributed by atoms with Crippen molar-refractivity contribution in [1.82, 2.24) is 9.97 Å². The summed E-state index contributed by atoms with van der Waals surface area (Å²) < 4.78 is 0. The Morgan fingerprint density at radius 1 is 1.47 bits per heavy atom. The molecule has 0 aliphatic rings. The van der Waals surface area contributed by atoms with Crippen LogP contribution >= 0.6 is 11.6 Å². The molecular weight excluding hydrogens is 240 g/mol. The molecule has 0 fully saturated rings. The molecule has 0 amide bonds. The number of hydrogen-bond donors (Lipinski definition) is 2. The van der Waals surface area contributed by atoms with E-state index >= 15 is 0 Å². The molecule has 0 saturated heterocycles. The molecule has 1 aromatic carbocycles. The molecule has 0 bridgehead atoms. The van der Waals surface area contributed by atoms with Crippen molar-refractivity contribution in [2.24, 2.45) is 0 Å². The van der Waals surface area contributed by atoms with Gasteiger partial charge in [-0.3, -0.25) is 4.79 Å². The minimum Gasteiger partial charge on any atom is -0.493 e. The first-order chi connectivity index (χ1) is 8.11. The molecule has 2 N–H and O–H groups in total. The number of rotatable bonds is 2. The molecule has 5 heteroatoms. The van der Waals surface area contributed by atoms with Gasteiger partial charge in [-0.15, -0.1) is 11.6 Å². The highest BCUT2D eigenvalue weighted by atomic mass is 35.5. The SMILES string of the molecule is Cc1cccc(-c2c(O)nc(CCl)[nH]c2=O)c1. The fourth-order valence-electron chi connectivity index (χ4n) is 1.63. The van der Waals surface area contributed by atoms with Crippen molar-refractivity contribution in [2.45, 2.75) is 12.8 Å². The first-order valence-electron chi connectivity index (χ1n) is 5.07. The van der Waals surface area contributed by atoms with Crippen LogP contribution in [-0.2, 0) is 5.88 Å². The van der Waals surface area contributed by atoms with Gasteiger partial charge in [0.2, 0.25) is 5.88 Å². The van der Waals surface area contributed by atoms with Crippen LogP contribution in [0.1, 0.15) is 11.4 Å². The van der Waals surface area contributed by atoms with Crippen LogP contribution < -0.4 is 5.56 Å². The molecule has 2 rings (SSSR count). The largest absolute Gasteiger partial charge is 0.493 e. The maximum atomic E-state index is 11.8. The lowest BCUT2D eigenvalue weighted by atomic mass is 10.1. The summed E-state index contributed by atoms with van der Waals surface area (Å²) in [6.07, 6.45) is 0. The Bertz CT molecular complexity index is 608. The Hall–Kier alpha value is -1.81. The summed E-state index contributed by atoms with van der Waals surface area (Å²) in [7, 11) is 0. The van der Waals surface area contributed by atoms with Gasteiger partial charge in [0, 0.05) is 0 Å². The molecular formula is C12H11ClN2O2. The van der Waals surface area contributed by atoms with Gasteiger partial charge in [0.1, 0.15) is 11.4 Å². The first-order valence-corrected chi connectivity index (χ1v) is 5.60. The van der Waals surface area contributed by atoms with Crippen molar-refractivity contribution in [1.29, 1.82) is 0 Å². The third kappa shape index (κ3) is 2.31. The molecule has 0 radical (unpaired) electrons. The lowest BCUT2D eigenvalue weighted by Crippen LogP contribution is -2.13. The van der Waals surface area contributed by atoms with Crippen molar-refractivity contribution in [3.8, 4) is 17.0 Å². The lowest BCUT2D eigenvalue weighted by Gasteiger charge is -2.05. The van der Waals surface area contributed by atoms with Crippen LogP contribution in [0.15, 0.2) is 29.1 Å². The maximum Gasteiger partial charge on any atom is 0.262 e. The summed E-state index contributed by atoms with van der Waals surface area (Å²) in [6, 6.07) is 7.29. The van der Waals surface area contributed by atoms with Gasteiger partial charge in [-0.05, 0) is 12.5 Å². The number of benzene rings is 1. The van der Waals surface area contributed by atoms with Crippen LogP contribution in [0.2, 0.25) is 0 Å².